The molecule has 5 heteroatoms. The van der Waals surface area contributed by atoms with Gasteiger partial charge in [-0.1, -0.05) is 30.3 Å². The molecule has 0 bridgehead atoms. The molecule has 2 aromatic heterocycles. The van der Waals surface area contributed by atoms with Crippen molar-refractivity contribution < 1.29 is 9.90 Å². The molecule has 1 aromatic carbocycles. The van der Waals surface area contributed by atoms with E-state index < -0.39 is 5.97 Å². The highest BCUT2D eigenvalue weighted by atomic mass is 16.4. The van der Waals surface area contributed by atoms with Gasteiger partial charge in [-0.2, -0.15) is 0 Å². The van der Waals surface area contributed by atoms with Gasteiger partial charge in [-0.05, 0) is 12.5 Å². The topological polar surface area (TPSA) is 67.5 Å². The van der Waals surface area contributed by atoms with Gasteiger partial charge in [0.25, 0.3) is 0 Å². The van der Waals surface area contributed by atoms with Crippen LogP contribution in [0.1, 0.15) is 16.3 Å². The van der Waals surface area contributed by atoms with Crippen molar-refractivity contribution in [1.82, 2.24) is 14.4 Å². The van der Waals surface area contributed by atoms with E-state index in [1.807, 2.05) is 37.3 Å². The van der Waals surface area contributed by atoms with E-state index in [9.17, 15) is 4.79 Å². The molecular weight excluding hydrogens is 242 g/mol. The Hall–Kier alpha value is -2.69. The lowest BCUT2D eigenvalue weighted by molar-refractivity contribution is 0.0691. The molecular formula is C14H11N3O2. The number of hydrogen-bond donors (Lipinski definition) is 1. The lowest BCUT2D eigenvalue weighted by Crippen LogP contribution is -1.96. The fourth-order valence-electron chi connectivity index (χ4n) is 2.02. The van der Waals surface area contributed by atoms with Crippen molar-refractivity contribution in [2.24, 2.45) is 0 Å². The number of rotatable bonds is 2. The van der Waals surface area contributed by atoms with Crippen LogP contribution in [0.4, 0.5) is 0 Å². The minimum atomic E-state index is -1.04. The molecule has 0 radical (unpaired) electrons. The van der Waals surface area contributed by atoms with Gasteiger partial charge in [-0.3, -0.25) is 4.40 Å². The summed E-state index contributed by atoms with van der Waals surface area (Å²) in [5.74, 6) is -0.336. The molecule has 0 aliphatic heterocycles. The predicted molar refractivity (Wildman–Crippen MR) is 70.1 cm³/mol. The summed E-state index contributed by atoms with van der Waals surface area (Å²) in [6, 6.07) is 9.67. The molecule has 3 aromatic rings. The van der Waals surface area contributed by atoms with Crippen molar-refractivity contribution >= 4 is 11.6 Å². The third kappa shape index (κ3) is 1.85. The van der Waals surface area contributed by atoms with Crippen LogP contribution in [-0.4, -0.2) is 25.4 Å². The summed E-state index contributed by atoms with van der Waals surface area (Å²) < 4.78 is 1.70. The smallest absolute Gasteiger partial charge is 0.356 e. The monoisotopic (exact) mass is 253 g/mol. The number of carbonyl (C=O) groups is 1. The first-order valence-corrected chi connectivity index (χ1v) is 5.80. The third-order valence-electron chi connectivity index (χ3n) is 2.98. The average Bonchev–Trinajstić information content (AvgIpc) is 2.86. The number of aromatic carboxylic acids is 1. The van der Waals surface area contributed by atoms with Gasteiger partial charge in [0.1, 0.15) is 11.5 Å². The number of fused-ring (bicyclic) bond motifs is 1. The van der Waals surface area contributed by atoms with E-state index in [-0.39, 0.29) is 5.69 Å². The Kier molecular flexibility index (Phi) is 2.52. The number of carboxylic acid groups (broad SMARTS) is 1. The van der Waals surface area contributed by atoms with Crippen molar-refractivity contribution in [3.8, 4) is 11.1 Å². The maximum absolute atomic E-state index is 11.0. The van der Waals surface area contributed by atoms with Gasteiger partial charge >= 0.3 is 5.97 Å². The van der Waals surface area contributed by atoms with Crippen LogP contribution in [0.2, 0.25) is 0 Å². The van der Waals surface area contributed by atoms with Crippen molar-refractivity contribution in [1.29, 1.82) is 0 Å². The number of nitrogens with zero attached hydrogens (tertiary/aromatic N) is 3. The maximum atomic E-state index is 11.0. The van der Waals surface area contributed by atoms with Gasteiger partial charge in [-0.25, -0.2) is 14.8 Å². The highest BCUT2D eigenvalue weighted by Gasteiger charge is 2.14. The van der Waals surface area contributed by atoms with Crippen molar-refractivity contribution in [2.45, 2.75) is 6.92 Å². The predicted octanol–water partition coefficient (Wildman–Crippen LogP) is 2.40. The van der Waals surface area contributed by atoms with Crippen LogP contribution < -0.4 is 0 Å². The molecule has 0 unspecified atom stereocenters. The maximum Gasteiger partial charge on any atom is 0.356 e. The molecule has 19 heavy (non-hydrogen) atoms. The van der Waals surface area contributed by atoms with E-state index in [1.54, 1.807) is 10.6 Å². The van der Waals surface area contributed by atoms with Crippen LogP contribution >= 0.6 is 0 Å². The van der Waals surface area contributed by atoms with Crippen molar-refractivity contribution in [3.63, 3.8) is 0 Å². The molecule has 0 spiro atoms. The lowest BCUT2D eigenvalue weighted by Gasteiger charge is -2.05. The van der Waals surface area contributed by atoms with E-state index in [0.29, 0.717) is 11.5 Å². The number of aromatic nitrogens is 3. The molecule has 0 saturated heterocycles. The Labute approximate surface area is 109 Å². The van der Waals surface area contributed by atoms with Crippen LogP contribution in [0.25, 0.3) is 16.8 Å². The molecule has 0 saturated carbocycles. The molecule has 5 nitrogen and oxygen atoms in total. The van der Waals surface area contributed by atoms with Crippen LogP contribution in [0.3, 0.4) is 0 Å². The van der Waals surface area contributed by atoms with E-state index >= 15 is 0 Å². The summed E-state index contributed by atoms with van der Waals surface area (Å²) >= 11 is 0. The zero-order valence-corrected chi connectivity index (χ0v) is 10.2. The Morgan fingerprint density at radius 2 is 2.00 bits per heavy atom. The molecule has 1 N–H and O–H groups in total. The number of benzene rings is 1. The number of carboxylic acids is 1. The summed E-state index contributed by atoms with van der Waals surface area (Å²) in [6.07, 6.45) is 3.21. The molecule has 3 rings (SSSR count). The van der Waals surface area contributed by atoms with Crippen LogP contribution in [0, 0.1) is 6.92 Å². The normalized spacial score (nSPS) is 10.8. The Morgan fingerprint density at radius 1 is 1.26 bits per heavy atom. The quantitative estimate of drug-likeness (QED) is 0.761. The fourth-order valence-corrected chi connectivity index (χ4v) is 2.02. The van der Waals surface area contributed by atoms with E-state index in [0.717, 1.165) is 11.1 Å². The summed E-state index contributed by atoms with van der Waals surface area (Å²) in [6.45, 7) is 1.81. The molecule has 0 atom stereocenters. The van der Waals surface area contributed by atoms with Crippen molar-refractivity contribution in [3.05, 3.63) is 54.2 Å². The first-order valence-electron chi connectivity index (χ1n) is 5.80. The third-order valence-corrected chi connectivity index (χ3v) is 2.98. The summed E-state index contributed by atoms with van der Waals surface area (Å²) in [4.78, 5) is 19.5. The molecule has 0 fully saturated rings. The van der Waals surface area contributed by atoms with Gasteiger partial charge < -0.3 is 5.11 Å². The number of hydrogen-bond acceptors (Lipinski definition) is 3. The zero-order chi connectivity index (χ0) is 13.4. The van der Waals surface area contributed by atoms with Crippen LogP contribution in [0.15, 0.2) is 42.7 Å². The minimum absolute atomic E-state index is 0.0216. The van der Waals surface area contributed by atoms with Gasteiger partial charge in [0.15, 0.2) is 5.69 Å². The highest BCUT2D eigenvalue weighted by molar-refractivity contribution is 5.88. The van der Waals surface area contributed by atoms with Crippen LogP contribution in [0.5, 0.6) is 0 Å². The molecule has 0 aliphatic carbocycles. The molecule has 2 heterocycles. The summed E-state index contributed by atoms with van der Waals surface area (Å²) in [7, 11) is 0. The number of aryl methyl sites for hydroxylation is 1. The van der Waals surface area contributed by atoms with Crippen LogP contribution in [-0.2, 0) is 0 Å². The van der Waals surface area contributed by atoms with Gasteiger partial charge in [-0.15, -0.1) is 0 Å². The standard InChI is InChI=1S/C14H11N3O2/c1-9-15-7-11(10-5-3-2-4-6-10)13-16-12(14(18)19)8-17(9)13/h2-8H,1H3,(H,18,19). The summed E-state index contributed by atoms with van der Waals surface area (Å²) in [5.41, 5.74) is 2.41. The fraction of sp³-hybridized carbons (Fsp3) is 0.0714. The molecule has 0 amide bonds. The second kappa shape index (κ2) is 4.20. The first-order chi connectivity index (χ1) is 9.16. The SMILES string of the molecule is Cc1ncc(-c2ccccc2)c2nc(C(=O)O)cn12. The highest BCUT2D eigenvalue weighted by Crippen LogP contribution is 2.23. The molecule has 0 aliphatic rings. The zero-order valence-electron chi connectivity index (χ0n) is 10.2. The summed E-state index contributed by atoms with van der Waals surface area (Å²) in [5, 5.41) is 9.04. The Bertz CT molecular complexity index is 763. The van der Waals surface area contributed by atoms with Gasteiger partial charge in [0.05, 0.1) is 0 Å². The largest absolute Gasteiger partial charge is 0.476 e. The minimum Gasteiger partial charge on any atom is -0.476 e. The van der Waals surface area contributed by atoms with Gasteiger partial charge in [0.2, 0.25) is 0 Å². The lowest BCUT2D eigenvalue weighted by atomic mass is 10.1. The van der Waals surface area contributed by atoms with E-state index in [1.165, 1.54) is 6.20 Å². The second-order valence-corrected chi connectivity index (χ2v) is 4.21. The van der Waals surface area contributed by atoms with Crippen molar-refractivity contribution in [2.75, 3.05) is 0 Å². The Balaban J connectivity index is 2.32. The second-order valence-electron chi connectivity index (χ2n) is 4.21. The first kappa shape index (κ1) is 11.4. The van der Waals surface area contributed by atoms with Gasteiger partial charge in [0, 0.05) is 18.0 Å². The van der Waals surface area contributed by atoms with E-state index in [2.05, 4.69) is 9.97 Å². The average molecular weight is 253 g/mol. The molecule has 94 valence electrons. The number of imidazole rings is 1. The van der Waals surface area contributed by atoms with E-state index in [4.69, 9.17) is 5.11 Å². The Morgan fingerprint density at radius 3 is 2.68 bits per heavy atom.